The van der Waals surface area contributed by atoms with Gasteiger partial charge in [-0.05, 0) is 31.7 Å². The summed E-state index contributed by atoms with van der Waals surface area (Å²) in [4.78, 5) is 12.7. The second-order valence-electron chi connectivity index (χ2n) is 4.36. The lowest BCUT2D eigenvalue weighted by atomic mass is 10.0. The number of thiophene rings is 1. The van der Waals surface area contributed by atoms with Gasteiger partial charge in [-0.1, -0.05) is 18.8 Å². The van der Waals surface area contributed by atoms with Gasteiger partial charge in [-0.2, -0.15) is 0 Å². The third kappa shape index (κ3) is 3.88. The third-order valence-electron chi connectivity index (χ3n) is 2.53. The van der Waals surface area contributed by atoms with Crippen LogP contribution in [0.5, 0.6) is 0 Å². The predicted molar refractivity (Wildman–Crippen MR) is 72.1 cm³/mol. The summed E-state index contributed by atoms with van der Waals surface area (Å²) >= 11 is 1.40. The van der Waals surface area contributed by atoms with E-state index in [2.05, 4.69) is 17.2 Å². The number of carbonyl (C=O) groups is 1. The predicted octanol–water partition coefficient (Wildman–Crippen LogP) is 1.98. The smallest absolute Gasteiger partial charge is 0.263 e. The van der Waals surface area contributed by atoms with Gasteiger partial charge in [0.1, 0.15) is 4.88 Å². The van der Waals surface area contributed by atoms with Crippen molar-refractivity contribution in [2.45, 2.75) is 32.7 Å². The van der Waals surface area contributed by atoms with E-state index in [4.69, 9.17) is 5.73 Å². The first-order chi connectivity index (χ1) is 8.00. The molecule has 0 atom stereocenters. The number of amides is 1. The molecule has 0 fully saturated rings. The lowest BCUT2D eigenvalue weighted by molar-refractivity contribution is 0.0915. The zero-order valence-corrected chi connectivity index (χ0v) is 11.3. The van der Waals surface area contributed by atoms with E-state index in [1.165, 1.54) is 11.3 Å². The first-order valence-electron chi connectivity index (χ1n) is 5.59. The van der Waals surface area contributed by atoms with Crippen molar-refractivity contribution in [1.29, 1.82) is 0 Å². The summed E-state index contributed by atoms with van der Waals surface area (Å²) in [5, 5.41) is 4.87. The molecule has 92 valence electrons. The summed E-state index contributed by atoms with van der Waals surface area (Å²) in [6.07, 6.45) is 0.883. The molecule has 4 heteroatoms. The van der Waals surface area contributed by atoms with E-state index in [9.17, 15) is 4.79 Å². The lowest BCUT2D eigenvalue weighted by Gasteiger charge is -2.24. The molecule has 1 aromatic heterocycles. The quantitative estimate of drug-likeness (QED) is 0.806. The Balaban J connectivity index is 2.86. The van der Waals surface area contributed by atoms with Gasteiger partial charge in [-0.15, -0.1) is 11.3 Å². The summed E-state index contributed by atoms with van der Waals surface area (Å²) < 4.78 is 0. The Hall–Kier alpha value is -1.31. The standard InChI is InChI=1S/C13H18N2OS/c1-4-13(2,3)15-12(16)11-10(6-5-8-14)7-9-17-11/h7,9H,4,8,14H2,1-3H3,(H,15,16). The van der Waals surface area contributed by atoms with Crippen LogP contribution in [0.25, 0.3) is 0 Å². The van der Waals surface area contributed by atoms with Gasteiger partial charge in [-0.3, -0.25) is 4.79 Å². The minimum Gasteiger partial charge on any atom is -0.346 e. The maximum atomic E-state index is 12.1. The highest BCUT2D eigenvalue weighted by molar-refractivity contribution is 7.12. The van der Waals surface area contributed by atoms with Gasteiger partial charge in [0, 0.05) is 11.1 Å². The molecule has 1 rings (SSSR count). The molecule has 0 aromatic carbocycles. The molecule has 0 unspecified atom stereocenters. The molecule has 0 saturated carbocycles. The zero-order chi connectivity index (χ0) is 12.9. The number of hydrogen-bond acceptors (Lipinski definition) is 3. The van der Waals surface area contributed by atoms with Gasteiger partial charge in [0.2, 0.25) is 0 Å². The van der Waals surface area contributed by atoms with E-state index in [0.29, 0.717) is 11.4 Å². The fourth-order valence-corrected chi connectivity index (χ4v) is 1.93. The van der Waals surface area contributed by atoms with Crippen molar-refractivity contribution in [3.63, 3.8) is 0 Å². The van der Waals surface area contributed by atoms with Crippen LogP contribution < -0.4 is 11.1 Å². The Kier molecular flexibility index (Phi) is 4.73. The number of carbonyl (C=O) groups excluding carboxylic acids is 1. The van der Waals surface area contributed by atoms with Gasteiger partial charge in [0.05, 0.1) is 6.54 Å². The normalized spacial score (nSPS) is 10.6. The Bertz CT molecular complexity index is 451. The summed E-state index contributed by atoms with van der Waals surface area (Å²) in [7, 11) is 0. The number of nitrogens with one attached hydrogen (secondary N) is 1. The van der Waals surface area contributed by atoms with Crippen LogP contribution in [0.15, 0.2) is 11.4 Å². The minimum atomic E-state index is -0.195. The molecule has 1 aromatic rings. The van der Waals surface area contributed by atoms with Crippen molar-refractivity contribution in [1.82, 2.24) is 5.32 Å². The maximum absolute atomic E-state index is 12.1. The van der Waals surface area contributed by atoms with Crippen LogP contribution in [-0.2, 0) is 0 Å². The van der Waals surface area contributed by atoms with Crippen LogP contribution in [0, 0.1) is 11.8 Å². The molecule has 1 heterocycles. The van der Waals surface area contributed by atoms with Gasteiger partial charge in [0.25, 0.3) is 5.91 Å². The van der Waals surface area contributed by atoms with Gasteiger partial charge in [-0.25, -0.2) is 0 Å². The van der Waals surface area contributed by atoms with Crippen LogP contribution in [0.2, 0.25) is 0 Å². The van der Waals surface area contributed by atoms with E-state index in [-0.39, 0.29) is 11.4 Å². The molecule has 3 N–H and O–H groups in total. The summed E-state index contributed by atoms with van der Waals surface area (Å²) in [6, 6.07) is 1.85. The average molecular weight is 250 g/mol. The molecule has 0 aliphatic heterocycles. The maximum Gasteiger partial charge on any atom is 0.263 e. The second-order valence-corrected chi connectivity index (χ2v) is 5.28. The Morgan fingerprint density at radius 1 is 1.59 bits per heavy atom. The van der Waals surface area contributed by atoms with E-state index >= 15 is 0 Å². The highest BCUT2D eigenvalue weighted by Crippen LogP contribution is 2.17. The first-order valence-corrected chi connectivity index (χ1v) is 6.47. The highest BCUT2D eigenvalue weighted by atomic mass is 32.1. The lowest BCUT2D eigenvalue weighted by Crippen LogP contribution is -2.42. The van der Waals surface area contributed by atoms with Crippen LogP contribution >= 0.6 is 11.3 Å². The topological polar surface area (TPSA) is 55.1 Å². The second kappa shape index (κ2) is 5.85. The van der Waals surface area contributed by atoms with Crippen LogP contribution in [-0.4, -0.2) is 18.0 Å². The first kappa shape index (κ1) is 13.8. The minimum absolute atomic E-state index is 0.0619. The van der Waals surface area contributed by atoms with Crippen LogP contribution in [0.3, 0.4) is 0 Å². The van der Waals surface area contributed by atoms with Gasteiger partial charge >= 0.3 is 0 Å². The molecular formula is C13H18N2OS. The largest absolute Gasteiger partial charge is 0.346 e. The van der Waals surface area contributed by atoms with Crippen molar-refractivity contribution in [3.05, 3.63) is 21.9 Å². The highest BCUT2D eigenvalue weighted by Gasteiger charge is 2.21. The van der Waals surface area contributed by atoms with E-state index < -0.39 is 0 Å². The van der Waals surface area contributed by atoms with Gasteiger partial charge in [0.15, 0.2) is 0 Å². The Morgan fingerprint density at radius 2 is 2.29 bits per heavy atom. The van der Waals surface area contributed by atoms with Crippen molar-refractivity contribution >= 4 is 17.2 Å². The Labute approximate surface area is 106 Å². The number of rotatable bonds is 3. The summed E-state index contributed by atoms with van der Waals surface area (Å²) in [5.41, 5.74) is 5.88. The van der Waals surface area contributed by atoms with Crippen molar-refractivity contribution < 1.29 is 4.79 Å². The summed E-state index contributed by atoms with van der Waals surface area (Å²) in [5.74, 6) is 5.62. The van der Waals surface area contributed by atoms with Crippen molar-refractivity contribution in [2.75, 3.05) is 6.54 Å². The molecule has 0 bridgehead atoms. The SMILES string of the molecule is CCC(C)(C)NC(=O)c1sccc1C#CCN. The molecule has 0 saturated heterocycles. The van der Waals surface area contributed by atoms with Crippen LogP contribution in [0.1, 0.15) is 42.4 Å². The fraction of sp³-hybridized carbons (Fsp3) is 0.462. The molecule has 0 spiro atoms. The van der Waals surface area contributed by atoms with Crippen molar-refractivity contribution in [3.8, 4) is 11.8 Å². The molecule has 0 aliphatic carbocycles. The van der Waals surface area contributed by atoms with E-state index in [1.807, 2.05) is 32.2 Å². The molecular weight excluding hydrogens is 232 g/mol. The monoisotopic (exact) mass is 250 g/mol. The average Bonchev–Trinajstić information content (AvgIpc) is 2.74. The fourth-order valence-electron chi connectivity index (χ4n) is 1.18. The van der Waals surface area contributed by atoms with Crippen LogP contribution in [0.4, 0.5) is 0 Å². The Morgan fingerprint density at radius 3 is 2.88 bits per heavy atom. The van der Waals surface area contributed by atoms with E-state index in [1.54, 1.807) is 0 Å². The molecule has 3 nitrogen and oxygen atoms in total. The molecule has 1 amide bonds. The summed E-state index contributed by atoms with van der Waals surface area (Å²) in [6.45, 7) is 6.36. The number of hydrogen-bond donors (Lipinski definition) is 2. The van der Waals surface area contributed by atoms with Gasteiger partial charge < -0.3 is 11.1 Å². The molecule has 0 radical (unpaired) electrons. The zero-order valence-electron chi connectivity index (χ0n) is 10.5. The molecule has 0 aliphatic rings. The molecule has 17 heavy (non-hydrogen) atoms. The number of nitrogens with two attached hydrogens (primary N) is 1. The van der Waals surface area contributed by atoms with E-state index in [0.717, 1.165) is 12.0 Å². The van der Waals surface area contributed by atoms with Crippen molar-refractivity contribution in [2.24, 2.45) is 5.73 Å². The third-order valence-corrected chi connectivity index (χ3v) is 3.45.